The zero-order chi connectivity index (χ0) is 14.0. The van der Waals surface area contributed by atoms with Gasteiger partial charge in [0.2, 0.25) is 0 Å². The molecule has 0 spiro atoms. The molecule has 0 bridgehead atoms. The molecule has 1 aromatic heterocycles. The third-order valence-electron chi connectivity index (χ3n) is 2.62. The molecule has 2 aromatic rings. The largest absolute Gasteiger partial charge is 0.390 e. The van der Waals surface area contributed by atoms with Crippen LogP contribution in [0.5, 0.6) is 0 Å². The van der Waals surface area contributed by atoms with E-state index in [0.717, 1.165) is 5.56 Å². The fourth-order valence-corrected chi connectivity index (χ4v) is 2.78. The number of halogens is 1. The Bertz CT molecular complexity index is 695. The summed E-state index contributed by atoms with van der Waals surface area (Å²) >= 11 is 5.94. The number of aromatic nitrogens is 1. The minimum atomic E-state index is -3.68. The van der Waals surface area contributed by atoms with Gasteiger partial charge >= 0.3 is 0 Å². The predicted molar refractivity (Wildman–Crippen MR) is 73.7 cm³/mol. The molecule has 0 saturated carbocycles. The van der Waals surface area contributed by atoms with Crippen molar-refractivity contribution >= 4 is 27.3 Å². The first-order valence-electron chi connectivity index (χ1n) is 5.49. The number of H-pyrrole nitrogens is 1. The maximum absolute atomic E-state index is 12.1. The quantitative estimate of drug-likeness (QED) is 0.810. The van der Waals surface area contributed by atoms with Gasteiger partial charge in [0.05, 0.1) is 12.3 Å². The number of hydrogen-bond donors (Lipinski definition) is 3. The van der Waals surface area contributed by atoms with Crippen LogP contribution >= 0.6 is 11.6 Å². The number of anilines is 1. The zero-order valence-electron chi connectivity index (χ0n) is 10.1. The van der Waals surface area contributed by atoms with E-state index in [1.54, 1.807) is 18.2 Å². The van der Waals surface area contributed by atoms with E-state index in [9.17, 15) is 8.42 Å². The highest BCUT2D eigenvalue weighted by Gasteiger charge is 2.16. The fourth-order valence-electron chi connectivity index (χ4n) is 1.54. The topological polar surface area (TPSA) is 82.2 Å². The second-order valence-electron chi connectivity index (χ2n) is 4.09. The summed E-state index contributed by atoms with van der Waals surface area (Å²) in [5.41, 5.74) is 1.69. The second-order valence-corrected chi connectivity index (χ2v) is 6.18. The monoisotopic (exact) mass is 300 g/mol. The van der Waals surface area contributed by atoms with Crippen molar-refractivity contribution < 1.29 is 13.5 Å². The van der Waals surface area contributed by atoms with Crippen LogP contribution in [0.1, 0.15) is 11.3 Å². The number of aryl methyl sites for hydroxylation is 1. The molecule has 0 aliphatic rings. The molecule has 0 fully saturated rings. The van der Waals surface area contributed by atoms with E-state index >= 15 is 0 Å². The summed E-state index contributed by atoms with van der Waals surface area (Å²) in [6.45, 7) is 1.59. The van der Waals surface area contributed by atoms with Crippen molar-refractivity contribution in [2.75, 3.05) is 4.72 Å². The molecule has 1 aromatic carbocycles. The normalized spacial score (nSPS) is 11.5. The molecule has 0 radical (unpaired) electrons. The molecule has 3 N–H and O–H groups in total. The Labute approximate surface area is 116 Å². The van der Waals surface area contributed by atoms with Crippen LogP contribution in [0.3, 0.4) is 0 Å². The van der Waals surface area contributed by atoms with Gasteiger partial charge in [-0.3, -0.25) is 4.72 Å². The Hall–Kier alpha value is -1.50. The first-order valence-corrected chi connectivity index (χ1v) is 7.35. The van der Waals surface area contributed by atoms with Crippen LogP contribution in [0.25, 0.3) is 0 Å². The molecule has 0 unspecified atom stereocenters. The smallest absolute Gasteiger partial charge is 0.263 e. The minimum Gasteiger partial charge on any atom is -0.390 e. The number of aliphatic hydroxyl groups is 1. The fraction of sp³-hybridized carbons (Fsp3) is 0.167. The molecule has 19 heavy (non-hydrogen) atoms. The predicted octanol–water partition coefficient (Wildman–Crippen LogP) is 2.27. The van der Waals surface area contributed by atoms with E-state index in [0.29, 0.717) is 16.4 Å². The summed E-state index contributed by atoms with van der Waals surface area (Å²) in [7, 11) is -3.68. The maximum Gasteiger partial charge on any atom is 0.263 e. The molecule has 0 aliphatic carbocycles. The Morgan fingerprint density at radius 1 is 1.37 bits per heavy atom. The minimum absolute atomic E-state index is 0.0632. The van der Waals surface area contributed by atoms with Crippen molar-refractivity contribution in [2.24, 2.45) is 0 Å². The Morgan fingerprint density at radius 2 is 2.11 bits per heavy atom. The van der Waals surface area contributed by atoms with Crippen molar-refractivity contribution in [1.29, 1.82) is 0 Å². The molecule has 7 heteroatoms. The average molecular weight is 301 g/mol. The van der Waals surface area contributed by atoms with Gasteiger partial charge in [-0.2, -0.15) is 0 Å². The van der Waals surface area contributed by atoms with E-state index in [-0.39, 0.29) is 11.5 Å². The van der Waals surface area contributed by atoms with Crippen molar-refractivity contribution in [2.45, 2.75) is 18.4 Å². The van der Waals surface area contributed by atoms with Gasteiger partial charge in [-0.1, -0.05) is 17.7 Å². The van der Waals surface area contributed by atoms with Gasteiger partial charge in [0.25, 0.3) is 10.0 Å². The molecule has 102 valence electrons. The van der Waals surface area contributed by atoms with Crippen LogP contribution in [0.15, 0.2) is 35.4 Å². The number of hydrogen-bond acceptors (Lipinski definition) is 3. The van der Waals surface area contributed by atoms with Gasteiger partial charge < -0.3 is 10.1 Å². The number of rotatable bonds is 4. The van der Waals surface area contributed by atoms with Gasteiger partial charge in [-0.25, -0.2) is 8.42 Å². The van der Waals surface area contributed by atoms with Crippen LogP contribution < -0.4 is 4.72 Å². The number of nitrogens with one attached hydrogen (secondary N) is 2. The van der Waals surface area contributed by atoms with E-state index < -0.39 is 10.0 Å². The molecule has 1 heterocycles. The van der Waals surface area contributed by atoms with Crippen molar-refractivity contribution in [1.82, 2.24) is 4.98 Å². The standard InChI is InChI=1S/C12H13ClN2O3S/c1-8-2-3-9(5-12(8)13)15-19(17,18)11-4-10(7-16)14-6-11/h2-6,14-16H,7H2,1H3. The van der Waals surface area contributed by atoms with Crippen LogP contribution in [0.2, 0.25) is 5.02 Å². The maximum atomic E-state index is 12.1. The highest BCUT2D eigenvalue weighted by molar-refractivity contribution is 7.92. The summed E-state index contributed by atoms with van der Waals surface area (Å²) < 4.78 is 26.6. The molecule has 0 atom stereocenters. The first-order chi connectivity index (χ1) is 8.92. The van der Waals surface area contributed by atoms with E-state index in [1.165, 1.54) is 12.3 Å². The van der Waals surface area contributed by atoms with E-state index in [2.05, 4.69) is 9.71 Å². The SMILES string of the molecule is Cc1ccc(NS(=O)(=O)c2c[nH]c(CO)c2)cc1Cl. The number of benzene rings is 1. The summed E-state index contributed by atoms with van der Waals surface area (Å²) in [4.78, 5) is 2.74. The van der Waals surface area contributed by atoms with Crippen molar-refractivity contribution in [3.63, 3.8) is 0 Å². The van der Waals surface area contributed by atoms with Crippen molar-refractivity contribution in [3.8, 4) is 0 Å². The molecular formula is C12H13ClN2O3S. The summed E-state index contributed by atoms with van der Waals surface area (Å²) in [5.74, 6) is 0. The molecule has 2 rings (SSSR count). The average Bonchev–Trinajstić information content (AvgIpc) is 2.83. The zero-order valence-corrected chi connectivity index (χ0v) is 11.7. The van der Waals surface area contributed by atoms with E-state index in [4.69, 9.17) is 16.7 Å². The van der Waals surface area contributed by atoms with Gasteiger partial charge in [0, 0.05) is 16.9 Å². The molecule has 0 saturated heterocycles. The third-order valence-corrected chi connectivity index (χ3v) is 4.39. The Morgan fingerprint density at radius 3 is 2.68 bits per heavy atom. The van der Waals surface area contributed by atoms with Gasteiger partial charge in [0.15, 0.2) is 0 Å². The van der Waals surface area contributed by atoms with Crippen LogP contribution in [0.4, 0.5) is 5.69 Å². The highest BCUT2D eigenvalue weighted by Crippen LogP contribution is 2.22. The summed E-state index contributed by atoms with van der Waals surface area (Å²) in [6.07, 6.45) is 1.32. The molecule has 0 aliphatic heterocycles. The van der Waals surface area contributed by atoms with Crippen molar-refractivity contribution in [3.05, 3.63) is 46.7 Å². The molecule has 0 amide bonds. The lowest BCUT2D eigenvalue weighted by atomic mass is 10.2. The van der Waals surface area contributed by atoms with Gasteiger partial charge in [0.1, 0.15) is 4.90 Å². The third kappa shape index (κ3) is 3.09. The summed E-state index contributed by atoms with van der Waals surface area (Å²) in [5, 5.41) is 9.40. The first kappa shape index (κ1) is 13.9. The summed E-state index contributed by atoms with van der Waals surface area (Å²) in [6, 6.07) is 6.29. The number of sulfonamides is 1. The lowest BCUT2D eigenvalue weighted by Crippen LogP contribution is -2.12. The van der Waals surface area contributed by atoms with Crippen LogP contribution in [-0.4, -0.2) is 18.5 Å². The number of aliphatic hydroxyl groups excluding tert-OH is 1. The van der Waals surface area contributed by atoms with Gasteiger partial charge in [-0.05, 0) is 30.7 Å². The van der Waals surface area contributed by atoms with Crippen LogP contribution in [-0.2, 0) is 16.6 Å². The van der Waals surface area contributed by atoms with E-state index in [1.807, 2.05) is 6.92 Å². The highest BCUT2D eigenvalue weighted by atomic mass is 35.5. The lowest BCUT2D eigenvalue weighted by molar-refractivity contribution is 0.277. The molecular weight excluding hydrogens is 288 g/mol. The Kier molecular flexibility index (Phi) is 3.84. The lowest BCUT2D eigenvalue weighted by Gasteiger charge is -2.07. The molecule has 5 nitrogen and oxygen atoms in total. The Balaban J connectivity index is 2.28. The van der Waals surface area contributed by atoms with Crippen LogP contribution in [0, 0.1) is 6.92 Å². The van der Waals surface area contributed by atoms with Gasteiger partial charge in [-0.15, -0.1) is 0 Å². The second kappa shape index (κ2) is 5.24. The number of aromatic amines is 1.